The smallest absolute Gasteiger partial charge is 0.390 e. The van der Waals surface area contributed by atoms with Gasteiger partial charge in [0.25, 0.3) is 0 Å². The second-order valence-electron chi connectivity index (χ2n) is 19.3. The van der Waals surface area contributed by atoms with E-state index in [-0.39, 0.29) is 44.0 Å². The third kappa shape index (κ3) is 9.70. The van der Waals surface area contributed by atoms with E-state index in [0.29, 0.717) is 50.5 Å². The Morgan fingerprint density at radius 2 is 1.19 bits per heavy atom. The Morgan fingerprint density at radius 1 is 0.667 bits per heavy atom. The lowest BCUT2D eigenvalue weighted by atomic mass is 9.70. The standard InChI is InChI=1S/C60H55F3N4O5/c1-2-59(58(71)64-56(42-20-8-4-9-21-42)43-22-10-5-11-23-43)32-31-53-49(35-59)47-26-13-15-28-51(47)67(53)39-55(69)72-54(68)38-66-50-27-14-12-25-46(50)48-34-44(29-30-52(48)66)57(70)65(36-40-17-6-3-7-18-40)37-41-19-16-24-45(33-41)60(61,62)63/h3-28,33,44,56H,2,29-32,34-39H2,1H3,(H,64,71). The van der Waals surface area contributed by atoms with Crippen LogP contribution < -0.4 is 5.32 Å². The van der Waals surface area contributed by atoms with Crippen LogP contribution in [0.15, 0.2) is 164 Å². The molecule has 0 spiro atoms. The maximum atomic E-state index is 14.6. The van der Waals surface area contributed by atoms with Gasteiger partial charge in [0.2, 0.25) is 11.8 Å². The molecule has 0 saturated heterocycles. The van der Waals surface area contributed by atoms with Gasteiger partial charge in [0.1, 0.15) is 13.1 Å². The monoisotopic (exact) mass is 968 g/mol. The maximum Gasteiger partial charge on any atom is 0.416 e. The molecule has 2 unspecified atom stereocenters. The summed E-state index contributed by atoms with van der Waals surface area (Å²) >= 11 is 0. The van der Waals surface area contributed by atoms with Crippen molar-refractivity contribution >= 4 is 45.6 Å². The number of carbonyl (C=O) groups is 4. The van der Waals surface area contributed by atoms with E-state index >= 15 is 0 Å². The molecule has 2 amide bonds. The normalized spacial score (nSPS) is 16.5. The summed E-state index contributed by atoms with van der Waals surface area (Å²) in [6.45, 7) is 1.88. The summed E-state index contributed by atoms with van der Waals surface area (Å²) < 4.78 is 50.6. The SMILES string of the molecule is CCC1(C(=O)NC(c2ccccc2)c2ccccc2)CCc2c(c3ccccc3n2CC(=O)OC(=O)Cn2c3c(c4ccccc42)CC(C(=O)N(Cc2ccccc2)Cc2cccc(C(F)(F)F)c2)CC3)C1. The molecular weight excluding hydrogens is 914 g/mol. The number of nitrogens with zero attached hydrogens (tertiary/aromatic N) is 3. The number of para-hydroxylation sites is 2. The van der Waals surface area contributed by atoms with Crippen LogP contribution in [0.4, 0.5) is 13.2 Å². The number of ether oxygens (including phenoxy) is 1. The Morgan fingerprint density at radius 3 is 1.79 bits per heavy atom. The zero-order valence-corrected chi connectivity index (χ0v) is 40.0. The molecule has 2 aliphatic rings. The van der Waals surface area contributed by atoms with Crippen molar-refractivity contribution in [2.24, 2.45) is 11.3 Å². The van der Waals surface area contributed by atoms with E-state index in [0.717, 1.165) is 73.1 Å². The van der Waals surface area contributed by atoms with Crippen LogP contribution in [0.3, 0.4) is 0 Å². The Balaban J connectivity index is 0.852. The third-order valence-corrected chi connectivity index (χ3v) is 14.9. The molecule has 6 aromatic carbocycles. The first-order chi connectivity index (χ1) is 34.9. The number of esters is 2. The van der Waals surface area contributed by atoms with Crippen LogP contribution in [0.1, 0.15) is 82.6 Å². The van der Waals surface area contributed by atoms with Gasteiger partial charge in [0, 0.05) is 52.2 Å². The number of hydrogen-bond acceptors (Lipinski definition) is 5. The summed E-state index contributed by atoms with van der Waals surface area (Å²) in [5, 5.41) is 5.27. The van der Waals surface area contributed by atoms with Crippen molar-refractivity contribution in [2.75, 3.05) is 0 Å². The van der Waals surface area contributed by atoms with E-state index in [1.807, 2.05) is 149 Å². The highest BCUT2D eigenvalue weighted by molar-refractivity contribution is 5.93. The molecule has 0 bridgehead atoms. The average molecular weight is 969 g/mol. The minimum atomic E-state index is -4.52. The maximum absolute atomic E-state index is 14.6. The second kappa shape index (κ2) is 20.2. The molecule has 10 rings (SSSR count). The summed E-state index contributed by atoms with van der Waals surface area (Å²) in [6, 6.07) is 49.6. The summed E-state index contributed by atoms with van der Waals surface area (Å²) in [5.74, 6) is -2.05. The van der Waals surface area contributed by atoms with Crippen molar-refractivity contribution < 1.29 is 37.1 Å². The van der Waals surface area contributed by atoms with Crippen LogP contribution in [0.25, 0.3) is 21.8 Å². The fourth-order valence-corrected chi connectivity index (χ4v) is 11.2. The highest BCUT2D eigenvalue weighted by atomic mass is 19.4. The minimum absolute atomic E-state index is 0.00563. The molecule has 0 saturated carbocycles. The molecule has 2 atom stereocenters. The Kier molecular flexibility index (Phi) is 13.4. The average Bonchev–Trinajstić information content (AvgIpc) is 3.88. The number of benzene rings is 6. The zero-order chi connectivity index (χ0) is 50.0. The van der Waals surface area contributed by atoms with E-state index < -0.39 is 35.0 Å². The predicted molar refractivity (Wildman–Crippen MR) is 270 cm³/mol. The van der Waals surface area contributed by atoms with Crippen molar-refractivity contribution in [2.45, 2.75) is 90.3 Å². The van der Waals surface area contributed by atoms with Gasteiger partial charge in [-0.15, -0.1) is 0 Å². The molecule has 8 aromatic rings. The van der Waals surface area contributed by atoms with E-state index in [9.17, 15) is 32.3 Å². The number of halogens is 3. The van der Waals surface area contributed by atoms with Crippen LogP contribution in [-0.2, 0) is 82.0 Å². The predicted octanol–water partition coefficient (Wildman–Crippen LogP) is 11.5. The van der Waals surface area contributed by atoms with Crippen molar-refractivity contribution in [3.63, 3.8) is 0 Å². The van der Waals surface area contributed by atoms with E-state index in [1.54, 1.807) is 11.0 Å². The molecule has 12 heteroatoms. The van der Waals surface area contributed by atoms with Gasteiger partial charge in [0.15, 0.2) is 0 Å². The highest BCUT2D eigenvalue weighted by Crippen LogP contribution is 2.44. The molecule has 366 valence electrons. The molecular formula is C60H55F3N4O5. The summed E-state index contributed by atoms with van der Waals surface area (Å²) in [7, 11) is 0. The first kappa shape index (κ1) is 47.9. The zero-order valence-electron chi connectivity index (χ0n) is 40.0. The second-order valence-corrected chi connectivity index (χ2v) is 19.3. The lowest BCUT2D eigenvalue weighted by Crippen LogP contribution is -2.46. The third-order valence-electron chi connectivity index (χ3n) is 14.9. The van der Waals surface area contributed by atoms with Gasteiger partial charge in [-0.2, -0.15) is 13.2 Å². The van der Waals surface area contributed by atoms with Crippen LogP contribution >= 0.6 is 0 Å². The number of fused-ring (bicyclic) bond motifs is 6. The van der Waals surface area contributed by atoms with Crippen molar-refractivity contribution in [3.8, 4) is 0 Å². The molecule has 2 aliphatic carbocycles. The van der Waals surface area contributed by atoms with Gasteiger partial charge in [-0.3, -0.25) is 9.59 Å². The summed E-state index contributed by atoms with van der Waals surface area (Å²) in [6.07, 6.45) is -0.999. The van der Waals surface area contributed by atoms with Crippen molar-refractivity contribution in [3.05, 3.63) is 214 Å². The van der Waals surface area contributed by atoms with E-state index in [1.165, 1.54) is 6.07 Å². The van der Waals surface area contributed by atoms with E-state index in [2.05, 4.69) is 12.2 Å². The quantitative estimate of drug-likeness (QED) is 0.0864. The number of rotatable bonds is 14. The van der Waals surface area contributed by atoms with E-state index in [4.69, 9.17) is 4.74 Å². The molecule has 2 aromatic heterocycles. The molecule has 1 N–H and O–H groups in total. The van der Waals surface area contributed by atoms with Gasteiger partial charge in [-0.25, -0.2) is 9.59 Å². The molecule has 9 nitrogen and oxygen atoms in total. The topological polar surface area (TPSA) is 103 Å². The highest BCUT2D eigenvalue weighted by Gasteiger charge is 2.43. The Bertz CT molecular complexity index is 3250. The van der Waals surface area contributed by atoms with Gasteiger partial charge in [-0.05, 0) is 103 Å². The molecule has 0 aliphatic heterocycles. The largest absolute Gasteiger partial charge is 0.416 e. The lowest BCUT2D eigenvalue weighted by Gasteiger charge is -2.37. The van der Waals surface area contributed by atoms with Crippen molar-refractivity contribution in [1.82, 2.24) is 19.4 Å². The minimum Gasteiger partial charge on any atom is -0.390 e. The first-order valence-electron chi connectivity index (χ1n) is 24.7. The van der Waals surface area contributed by atoms with Crippen LogP contribution in [0, 0.1) is 11.3 Å². The first-order valence-corrected chi connectivity index (χ1v) is 24.7. The van der Waals surface area contributed by atoms with Crippen LogP contribution in [-0.4, -0.2) is 37.8 Å². The molecule has 72 heavy (non-hydrogen) atoms. The number of carbonyl (C=O) groups excluding carboxylic acids is 4. The number of nitrogens with one attached hydrogen (secondary N) is 1. The number of hydrogen-bond donors (Lipinski definition) is 1. The van der Waals surface area contributed by atoms with Gasteiger partial charge < -0.3 is 24.1 Å². The van der Waals surface area contributed by atoms with Gasteiger partial charge >= 0.3 is 18.1 Å². The lowest BCUT2D eigenvalue weighted by molar-refractivity contribution is -0.160. The fourth-order valence-electron chi connectivity index (χ4n) is 11.2. The number of amides is 2. The van der Waals surface area contributed by atoms with Crippen LogP contribution in [0.2, 0.25) is 0 Å². The fraction of sp³-hybridized carbons (Fsp3) is 0.267. The van der Waals surface area contributed by atoms with Gasteiger partial charge in [-0.1, -0.05) is 146 Å². The van der Waals surface area contributed by atoms with Gasteiger partial charge in [0.05, 0.1) is 17.0 Å². The summed E-state index contributed by atoms with van der Waals surface area (Å²) in [4.78, 5) is 58.5. The van der Waals surface area contributed by atoms with Crippen molar-refractivity contribution in [1.29, 1.82) is 0 Å². The van der Waals surface area contributed by atoms with Crippen LogP contribution in [0.5, 0.6) is 0 Å². The Labute approximate surface area is 416 Å². The number of aromatic nitrogens is 2. The Hall–Kier alpha value is -7.73. The summed E-state index contributed by atoms with van der Waals surface area (Å²) in [5.41, 5.74) is 7.15. The molecule has 2 heterocycles. The number of alkyl halides is 3. The molecule has 0 fully saturated rings. The molecule has 0 radical (unpaired) electrons.